The molecule has 2 aromatic rings. The van der Waals surface area contributed by atoms with Crippen molar-refractivity contribution in [3.63, 3.8) is 0 Å². The van der Waals surface area contributed by atoms with Crippen molar-refractivity contribution in [1.29, 1.82) is 0 Å². The largest absolute Gasteiger partial charge is 0.329 e. The van der Waals surface area contributed by atoms with Gasteiger partial charge in [0.15, 0.2) is 0 Å². The van der Waals surface area contributed by atoms with E-state index in [1.165, 1.54) is 17.1 Å². The summed E-state index contributed by atoms with van der Waals surface area (Å²) in [6.45, 7) is 3.14. The van der Waals surface area contributed by atoms with Crippen LogP contribution in [0.5, 0.6) is 0 Å². The molecule has 4 heteroatoms. The molecular weight excluding hydrogens is 302 g/mol. The van der Waals surface area contributed by atoms with E-state index >= 15 is 0 Å². The fraction of sp³-hybridized carbons (Fsp3) is 0.400. The first-order valence-electron chi connectivity index (χ1n) is 6.70. The Morgan fingerprint density at radius 1 is 1.16 bits per heavy atom. The Labute approximate surface area is 122 Å². The van der Waals surface area contributed by atoms with E-state index in [-0.39, 0.29) is 0 Å². The summed E-state index contributed by atoms with van der Waals surface area (Å²) < 4.78 is 3.40. The second-order valence-electron chi connectivity index (χ2n) is 5.14. The molecule has 100 valence electrons. The monoisotopic (exact) mass is 319 g/mol. The molecular formula is C15H18BrN3. The second kappa shape index (κ2) is 5.47. The lowest BCUT2D eigenvalue weighted by Crippen LogP contribution is -2.31. The van der Waals surface area contributed by atoms with Gasteiger partial charge in [0, 0.05) is 26.1 Å². The van der Waals surface area contributed by atoms with Crippen LogP contribution in [0.2, 0.25) is 0 Å². The summed E-state index contributed by atoms with van der Waals surface area (Å²) in [5, 5.41) is 0. The lowest BCUT2D eigenvalue weighted by molar-refractivity contribution is 0.266. The number of benzene rings is 1. The maximum atomic E-state index is 4.69. The molecule has 2 heterocycles. The van der Waals surface area contributed by atoms with Crippen LogP contribution in [0.15, 0.2) is 34.9 Å². The average molecular weight is 320 g/mol. The molecule has 0 N–H and O–H groups in total. The average Bonchev–Trinajstić information content (AvgIpc) is 2.74. The van der Waals surface area contributed by atoms with Crippen LogP contribution in [-0.2, 0) is 25.9 Å². The van der Waals surface area contributed by atoms with E-state index in [1.807, 2.05) is 0 Å². The van der Waals surface area contributed by atoms with E-state index < -0.39 is 0 Å². The summed E-state index contributed by atoms with van der Waals surface area (Å²) in [5.41, 5.74) is 2.70. The zero-order valence-corrected chi connectivity index (χ0v) is 12.7. The minimum Gasteiger partial charge on any atom is -0.329 e. The molecule has 0 spiro atoms. The fourth-order valence-electron chi connectivity index (χ4n) is 2.62. The van der Waals surface area contributed by atoms with Crippen LogP contribution in [-0.4, -0.2) is 28.0 Å². The van der Waals surface area contributed by atoms with Crippen molar-refractivity contribution >= 4 is 15.9 Å². The number of hydrogen-bond donors (Lipinski definition) is 0. The number of aryl methyl sites for hydroxylation is 2. The zero-order chi connectivity index (χ0) is 13.2. The molecule has 0 radical (unpaired) electrons. The van der Waals surface area contributed by atoms with Gasteiger partial charge in [0.05, 0.1) is 5.69 Å². The van der Waals surface area contributed by atoms with Crippen molar-refractivity contribution in [1.82, 2.24) is 14.5 Å². The molecule has 0 saturated heterocycles. The molecule has 3 rings (SSSR count). The quantitative estimate of drug-likeness (QED) is 0.867. The van der Waals surface area contributed by atoms with E-state index in [0.29, 0.717) is 0 Å². The number of aromatic nitrogens is 2. The van der Waals surface area contributed by atoms with Gasteiger partial charge < -0.3 is 4.57 Å². The Morgan fingerprint density at radius 3 is 2.74 bits per heavy atom. The van der Waals surface area contributed by atoms with Gasteiger partial charge >= 0.3 is 0 Å². The van der Waals surface area contributed by atoms with Crippen molar-refractivity contribution in [3.8, 4) is 0 Å². The predicted molar refractivity (Wildman–Crippen MR) is 80.1 cm³/mol. The summed E-state index contributed by atoms with van der Waals surface area (Å²) in [6, 6.07) is 10.6. The van der Waals surface area contributed by atoms with Crippen molar-refractivity contribution in [2.75, 3.05) is 13.6 Å². The highest BCUT2D eigenvalue weighted by molar-refractivity contribution is 9.10. The summed E-state index contributed by atoms with van der Waals surface area (Å²) in [6.07, 6.45) is 2.06. The minimum absolute atomic E-state index is 0.985. The number of likely N-dealkylation sites (N-methyl/N-ethyl adjacent to an activating group) is 1. The van der Waals surface area contributed by atoms with Crippen LogP contribution in [0.1, 0.15) is 17.1 Å². The first-order chi connectivity index (χ1) is 9.24. The lowest BCUT2D eigenvalue weighted by Gasteiger charge is -2.25. The van der Waals surface area contributed by atoms with Crippen molar-refractivity contribution in [2.45, 2.75) is 25.9 Å². The first-order valence-corrected chi connectivity index (χ1v) is 7.49. The highest BCUT2D eigenvalue weighted by Gasteiger charge is 2.20. The Morgan fingerprint density at radius 2 is 1.95 bits per heavy atom. The number of hydrogen-bond acceptors (Lipinski definition) is 2. The van der Waals surface area contributed by atoms with E-state index in [9.17, 15) is 0 Å². The van der Waals surface area contributed by atoms with Gasteiger partial charge in [0.1, 0.15) is 10.4 Å². The molecule has 19 heavy (non-hydrogen) atoms. The van der Waals surface area contributed by atoms with Gasteiger partial charge in [-0.3, -0.25) is 4.90 Å². The molecule has 1 aliphatic heterocycles. The van der Waals surface area contributed by atoms with Gasteiger partial charge in [-0.2, -0.15) is 0 Å². The Kier molecular flexibility index (Phi) is 3.71. The SMILES string of the molecule is CN1CCn2c(CCc3ccccc3)nc(Br)c2C1. The third-order valence-corrected chi connectivity index (χ3v) is 4.34. The molecule has 3 nitrogen and oxygen atoms in total. The maximum absolute atomic E-state index is 4.69. The van der Waals surface area contributed by atoms with Crippen LogP contribution in [0, 0.1) is 0 Å². The topological polar surface area (TPSA) is 21.1 Å². The van der Waals surface area contributed by atoms with E-state index in [1.54, 1.807) is 0 Å². The minimum atomic E-state index is 0.985. The number of rotatable bonds is 3. The number of fused-ring (bicyclic) bond motifs is 1. The third-order valence-electron chi connectivity index (χ3n) is 3.71. The van der Waals surface area contributed by atoms with Gasteiger partial charge in [-0.05, 0) is 35.0 Å². The standard InChI is InChI=1S/C15H18BrN3/c1-18-9-10-19-13(11-18)15(16)17-14(19)8-7-12-5-3-2-4-6-12/h2-6H,7-11H2,1H3. The molecule has 1 aliphatic rings. The van der Waals surface area contributed by atoms with Gasteiger partial charge in [-0.25, -0.2) is 4.98 Å². The van der Waals surface area contributed by atoms with E-state index in [4.69, 9.17) is 4.98 Å². The van der Waals surface area contributed by atoms with Crippen LogP contribution in [0.25, 0.3) is 0 Å². The zero-order valence-electron chi connectivity index (χ0n) is 11.1. The maximum Gasteiger partial charge on any atom is 0.128 e. The molecule has 0 unspecified atom stereocenters. The first kappa shape index (κ1) is 12.9. The van der Waals surface area contributed by atoms with Crippen LogP contribution < -0.4 is 0 Å². The smallest absolute Gasteiger partial charge is 0.128 e. The van der Waals surface area contributed by atoms with E-state index in [2.05, 4.69) is 62.8 Å². The molecule has 1 aromatic heterocycles. The third kappa shape index (κ3) is 2.74. The Bertz CT molecular complexity index is 562. The fourth-order valence-corrected chi connectivity index (χ4v) is 3.16. The van der Waals surface area contributed by atoms with Gasteiger partial charge in [-0.1, -0.05) is 30.3 Å². The molecule has 0 fully saturated rings. The molecule has 0 bridgehead atoms. The predicted octanol–water partition coefficient (Wildman–Crippen LogP) is 2.88. The Balaban J connectivity index is 1.77. The summed E-state index contributed by atoms with van der Waals surface area (Å²) in [5.74, 6) is 1.21. The van der Waals surface area contributed by atoms with E-state index in [0.717, 1.165) is 37.1 Å². The lowest BCUT2D eigenvalue weighted by atomic mass is 10.1. The highest BCUT2D eigenvalue weighted by atomic mass is 79.9. The highest BCUT2D eigenvalue weighted by Crippen LogP contribution is 2.23. The van der Waals surface area contributed by atoms with Crippen molar-refractivity contribution < 1.29 is 0 Å². The summed E-state index contributed by atoms with van der Waals surface area (Å²) in [7, 11) is 2.16. The number of nitrogens with zero attached hydrogens (tertiary/aromatic N) is 3. The molecule has 0 amide bonds. The molecule has 0 atom stereocenters. The van der Waals surface area contributed by atoms with Crippen LogP contribution in [0.4, 0.5) is 0 Å². The molecule has 0 aliphatic carbocycles. The molecule has 0 saturated carbocycles. The van der Waals surface area contributed by atoms with Crippen LogP contribution in [0.3, 0.4) is 0 Å². The summed E-state index contributed by atoms with van der Waals surface area (Å²) >= 11 is 3.60. The van der Waals surface area contributed by atoms with Crippen molar-refractivity contribution in [3.05, 3.63) is 52.0 Å². The number of halogens is 1. The second-order valence-corrected chi connectivity index (χ2v) is 5.89. The normalized spacial score (nSPS) is 15.5. The van der Waals surface area contributed by atoms with Crippen molar-refractivity contribution in [2.24, 2.45) is 0 Å². The molecule has 1 aromatic carbocycles. The Hall–Kier alpha value is -1.13. The number of imidazole rings is 1. The summed E-state index contributed by atoms with van der Waals surface area (Å²) in [4.78, 5) is 7.03. The van der Waals surface area contributed by atoms with Gasteiger partial charge in [0.25, 0.3) is 0 Å². The van der Waals surface area contributed by atoms with Gasteiger partial charge in [0.2, 0.25) is 0 Å². The van der Waals surface area contributed by atoms with Crippen LogP contribution >= 0.6 is 15.9 Å². The van der Waals surface area contributed by atoms with Gasteiger partial charge in [-0.15, -0.1) is 0 Å².